The van der Waals surface area contributed by atoms with Crippen molar-refractivity contribution < 1.29 is 18.3 Å². The lowest BCUT2D eigenvalue weighted by molar-refractivity contribution is -0.136. The highest BCUT2D eigenvalue weighted by molar-refractivity contribution is 5.59. The molecular weight excluding hydrogens is 233 g/mol. The topological polar surface area (TPSA) is 58.3 Å². The van der Waals surface area contributed by atoms with E-state index in [1.54, 1.807) is 0 Å². The van der Waals surface area contributed by atoms with Crippen LogP contribution in [0.2, 0.25) is 0 Å². The first-order valence-electron chi connectivity index (χ1n) is 5.26. The molecule has 1 aromatic rings. The third kappa shape index (κ3) is 4.14. The fourth-order valence-corrected chi connectivity index (χ4v) is 1.41. The Labute approximate surface area is 97.4 Å². The van der Waals surface area contributed by atoms with Gasteiger partial charge in [0.05, 0.1) is 5.56 Å². The molecule has 0 aliphatic carbocycles. The first kappa shape index (κ1) is 13.6. The van der Waals surface area contributed by atoms with E-state index < -0.39 is 11.7 Å². The van der Waals surface area contributed by atoms with Crippen LogP contribution in [0.4, 0.5) is 24.5 Å². The van der Waals surface area contributed by atoms with Gasteiger partial charge in [0.2, 0.25) is 0 Å². The summed E-state index contributed by atoms with van der Waals surface area (Å²) in [4.78, 5) is 0. The lowest BCUT2D eigenvalue weighted by atomic mass is 10.1. The Bertz CT molecular complexity index is 366. The predicted molar refractivity (Wildman–Crippen MR) is 60.7 cm³/mol. The molecule has 0 aliphatic heterocycles. The third-order valence-corrected chi connectivity index (χ3v) is 2.25. The van der Waals surface area contributed by atoms with Crippen molar-refractivity contribution >= 4 is 11.4 Å². The van der Waals surface area contributed by atoms with Gasteiger partial charge in [0.1, 0.15) is 0 Å². The smallest absolute Gasteiger partial charge is 0.399 e. The average Bonchev–Trinajstić information content (AvgIpc) is 2.25. The number of nitrogen functional groups attached to an aromatic ring is 1. The van der Waals surface area contributed by atoms with Crippen LogP contribution in [-0.2, 0) is 6.18 Å². The zero-order valence-corrected chi connectivity index (χ0v) is 9.22. The molecule has 0 aliphatic rings. The van der Waals surface area contributed by atoms with E-state index in [1.807, 2.05) is 0 Å². The van der Waals surface area contributed by atoms with Gasteiger partial charge in [-0.1, -0.05) is 0 Å². The largest absolute Gasteiger partial charge is 0.418 e. The molecule has 3 nitrogen and oxygen atoms in total. The van der Waals surface area contributed by atoms with Gasteiger partial charge in [-0.15, -0.1) is 0 Å². The summed E-state index contributed by atoms with van der Waals surface area (Å²) in [6.07, 6.45) is -3.25. The second-order valence-electron chi connectivity index (χ2n) is 3.66. The van der Waals surface area contributed by atoms with Crippen molar-refractivity contribution in [3.63, 3.8) is 0 Å². The summed E-state index contributed by atoms with van der Waals surface area (Å²) in [6.45, 7) is 0.420. The van der Waals surface area contributed by atoms with Crippen LogP contribution in [0.15, 0.2) is 18.2 Å². The molecule has 17 heavy (non-hydrogen) atoms. The molecule has 0 radical (unpaired) electrons. The molecule has 1 rings (SSSR count). The number of hydrogen-bond donors (Lipinski definition) is 3. The van der Waals surface area contributed by atoms with Gasteiger partial charge in [-0.3, -0.25) is 0 Å². The normalized spacial score (nSPS) is 11.5. The molecule has 0 saturated carbocycles. The molecule has 4 N–H and O–H groups in total. The van der Waals surface area contributed by atoms with Gasteiger partial charge in [0.25, 0.3) is 0 Å². The average molecular weight is 248 g/mol. The van der Waals surface area contributed by atoms with Crippen molar-refractivity contribution in [3.05, 3.63) is 23.8 Å². The first-order chi connectivity index (χ1) is 7.95. The van der Waals surface area contributed by atoms with Crippen LogP contribution in [-0.4, -0.2) is 18.3 Å². The van der Waals surface area contributed by atoms with Gasteiger partial charge in [-0.25, -0.2) is 0 Å². The van der Waals surface area contributed by atoms with Crippen LogP contribution in [0.25, 0.3) is 0 Å². The molecule has 0 saturated heterocycles. The maximum absolute atomic E-state index is 12.7. The molecule has 0 bridgehead atoms. The summed E-state index contributed by atoms with van der Waals surface area (Å²) in [7, 11) is 0. The Morgan fingerprint density at radius 2 is 1.94 bits per heavy atom. The lowest BCUT2D eigenvalue weighted by Gasteiger charge is -2.15. The van der Waals surface area contributed by atoms with E-state index in [4.69, 9.17) is 10.8 Å². The van der Waals surface area contributed by atoms with E-state index >= 15 is 0 Å². The van der Waals surface area contributed by atoms with Crippen molar-refractivity contribution in [2.75, 3.05) is 24.2 Å². The highest BCUT2D eigenvalue weighted by Gasteiger charge is 2.33. The molecular formula is C11H15F3N2O. The Hall–Kier alpha value is -1.43. The summed E-state index contributed by atoms with van der Waals surface area (Å²) < 4.78 is 38.0. The zero-order valence-electron chi connectivity index (χ0n) is 9.22. The molecule has 0 amide bonds. The highest BCUT2D eigenvalue weighted by Crippen LogP contribution is 2.35. The van der Waals surface area contributed by atoms with E-state index in [2.05, 4.69) is 5.32 Å². The summed E-state index contributed by atoms with van der Waals surface area (Å²) >= 11 is 0. The van der Waals surface area contributed by atoms with Gasteiger partial charge in [0, 0.05) is 24.5 Å². The quantitative estimate of drug-likeness (QED) is 0.554. The van der Waals surface area contributed by atoms with Gasteiger partial charge >= 0.3 is 6.18 Å². The van der Waals surface area contributed by atoms with Crippen LogP contribution < -0.4 is 11.1 Å². The Morgan fingerprint density at radius 3 is 2.53 bits per heavy atom. The maximum atomic E-state index is 12.7. The number of hydrogen-bond acceptors (Lipinski definition) is 3. The standard InChI is InChI=1S/C11H15F3N2O/c12-11(13,14)9-7-8(15)3-4-10(9)16-5-1-2-6-17/h3-4,7,16-17H,1-2,5-6,15H2. The van der Waals surface area contributed by atoms with Crippen molar-refractivity contribution in [3.8, 4) is 0 Å². The summed E-state index contributed by atoms with van der Waals surface area (Å²) in [5, 5.41) is 11.3. The predicted octanol–water partition coefficient (Wildman–Crippen LogP) is 2.47. The molecule has 6 heteroatoms. The van der Waals surface area contributed by atoms with Crippen LogP contribution in [0.1, 0.15) is 18.4 Å². The number of unbranched alkanes of at least 4 members (excludes halogenated alkanes) is 1. The number of aliphatic hydroxyl groups is 1. The van der Waals surface area contributed by atoms with Crippen LogP contribution in [0.5, 0.6) is 0 Å². The van der Waals surface area contributed by atoms with Gasteiger partial charge < -0.3 is 16.2 Å². The van der Waals surface area contributed by atoms with Crippen LogP contribution >= 0.6 is 0 Å². The van der Waals surface area contributed by atoms with E-state index in [0.29, 0.717) is 19.4 Å². The van der Waals surface area contributed by atoms with Crippen LogP contribution in [0.3, 0.4) is 0 Å². The number of nitrogens with one attached hydrogen (secondary N) is 1. The minimum Gasteiger partial charge on any atom is -0.399 e. The highest BCUT2D eigenvalue weighted by atomic mass is 19.4. The molecule has 0 heterocycles. The maximum Gasteiger partial charge on any atom is 0.418 e. The van der Waals surface area contributed by atoms with Crippen LogP contribution in [0, 0.1) is 0 Å². The number of aliphatic hydroxyl groups excluding tert-OH is 1. The van der Waals surface area contributed by atoms with Crippen molar-refractivity contribution in [2.24, 2.45) is 0 Å². The fraction of sp³-hybridized carbons (Fsp3) is 0.455. The molecule has 0 aromatic heterocycles. The fourth-order valence-electron chi connectivity index (χ4n) is 1.41. The number of rotatable bonds is 5. The number of benzene rings is 1. The van der Waals surface area contributed by atoms with E-state index in [1.165, 1.54) is 12.1 Å². The molecule has 96 valence electrons. The minimum atomic E-state index is -4.42. The SMILES string of the molecule is Nc1ccc(NCCCCO)c(C(F)(F)F)c1. The van der Waals surface area contributed by atoms with E-state index in [0.717, 1.165) is 6.07 Å². The molecule has 0 fully saturated rings. The van der Waals surface area contributed by atoms with Crippen molar-refractivity contribution in [1.82, 2.24) is 0 Å². The third-order valence-electron chi connectivity index (χ3n) is 2.25. The Balaban J connectivity index is 2.77. The number of alkyl halides is 3. The van der Waals surface area contributed by atoms with Crippen molar-refractivity contribution in [2.45, 2.75) is 19.0 Å². The van der Waals surface area contributed by atoms with Crippen molar-refractivity contribution in [1.29, 1.82) is 0 Å². The van der Waals surface area contributed by atoms with Gasteiger partial charge in [0.15, 0.2) is 0 Å². The number of anilines is 2. The first-order valence-corrected chi connectivity index (χ1v) is 5.26. The Morgan fingerprint density at radius 1 is 1.24 bits per heavy atom. The molecule has 0 unspecified atom stereocenters. The number of halogens is 3. The summed E-state index contributed by atoms with van der Waals surface area (Å²) in [5.74, 6) is 0. The van der Waals surface area contributed by atoms with E-state index in [9.17, 15) is 13.2 Å². The molecule has 0 atom stereocenters. The second kappa shape index (κ2) is 5.77. The lowest BCUT2D eigenvalue weighted by Crippen LogP contribution is -2.12. The minimum absolute atomic E-state index is 0.0182. The summed E-state index contributed by atoms with van der Waals surface area (Å²) in [5.41, 5.74) is 4.68. The van der Waals surface area contributed by atoms with E-state index in [-0.39, 0.29) is 18.0 Å². The summed E-state index contributed by atoms with van der Waals surface area (Å²) in [6, 6.07) is 3.65. The monoisotopic (exact) mass is 248 g/mol. The zero-order chi connectivity index (χ0) is 12.9. The molecule has 0 spiro atoms. The Kier molecular flexibility index (Phi) is 4.62. The number of nitrogens with two attached hydrogens (primary N) is 1. The van der Waals surface area contributed by atoms with Gasteiger partial charge in [-0.2, -0.15) is 13.2 Å². The van der Waals surface area contributed by atoms with Gasteiger partial charge in [-0.05, 0) is 31.0 Å². The second-order valence-corrected chi connectivity index (χ2v) is 3.66. The molecule has 1 aromatic carbocycles.